The number of halogens is 5. The molecule has 6 aromatic rings. The van der Waals surface area contributed by atoms with E-state index in [9.17, 15) is 44.0 Å². The lowest BCUT2D eigenvalue weighted by Crippen LogP contribution is -2.41. The fourth-order valence-corrected chi connectivity index (χ4v) is 15.6. The maximum Gasteiger partial charge on any atom is 0.490 e. The highest BCUT2D eigenvalue weighted by Gasteiger charge is 2.53. The number of rotatable bonds is 4. The zero-order chi connectivity index (χ0) is 68.8. The number of amides is 2. The van der Waals surface area contributed by atoms with Crippen molar-refractivity contribution in [1.82, 2.24) is 39.3 Å². The largest absolute Gasteiger partial charge is 0.490 e. The van der Waals surface area contributed by atoms with Crippen LogP contribution in [0.15, 0.2) is 142 Å². The zero-order valence-corrected chi connectivity index (χ0v) is 58.1. The van der Waals surface area contributed by atoms with Gasteiger partial charge >= 0.3 is 7.12 Å². The number of aromatic nitrogens is 6. The molecular formula is C68H80BBrF4N12O8S2. The van der Waals surface area contributed by atoms with Crippen LogP contribution in [0, 0.1) is 11.8 Å². The van der Waals surface area contributed by atoms with E-state index in [1.54, 1.807) is 67.0 Å². The molecule has 4 N–H and O–H groups in total. The van der Waals surface area contributed by atoms with Crippen LogP contribution < -0.4 is 29.9 Å². The average molecular weight is 1420 g/mol. The predicted octanol–water partition coefficient (Wildman–Crippen LogP) is 13.4. The topological polar surface area (TPSA) is 253 Å². The van der Waals surface area contributed by atoms with Gasteiger partial charge in [0.25, 0.3) is 43.7 Å². The second-order valence-corrected chi connectivity index (χ2v) is 32.0. The second-order valence-electron chi connectivity index (χ2n) is 27.9. The van der Waals surface area contributed by atoms with Crippen molar-refractivity contribution in [1.29, 1.82) is 0 Å². The first-order chi connectivity index (χ1) is 45.2. The molecule has 0 spiro atoms. The number of sulfonamides is 2. The molecule has 0 unspecified atom stereocenters. The Labute approximate surface area is 567 Å². The summed E-state index contributed by atoms with van der Waals surface area (Å²) in [6.45, 7) is 17.5. The Morgan fingerprint density at radius 2 is 1.02 bits per heavy atom. The first-order valence-electron chi connectivity index (χ1n) is 32.3. The van der Waals surface area contributed by atoms with Crippen molar-refractivity contribution in [2.24, 2.45) is 11.8 Å². The Hall–Kier alpha value is -7.40. The van der Waals surface area contributed by atoms with Crippen molar-refractivity contribution >= 4 is 83.8 Å². The highest BCUT2D eigenvalue weighted by Crippen LogP contribution is 2.46. The summed E-state index contributed by atoms with van der Waals surface area (Å²) in [7, 11) is -9.04. The maximum atomic E-state index is 13.9. The SMILES string of the molecule is CC1(C)C[C@@H]2CC[C@H](c3ccccn3)Nc3cccc(n3)S(=O)(=O)NC(=O)c3ccc(Br)nc3N1C2.CC1(C)C[C@@H]2CC[C@H](c3ccccn3)Nc3cccc(n3)S(=O)(=O)NC(=O)c3ccc(C4=CCC(F)(F)CC4)nc3N1C2.CC1(C)OB(C2=CCC(F)(F)CC2)OC1(C)C. The van der Waals surface area contributed by atoms with Gasteiger partial charge in [-0.05, 0) is 218 Å². The number of anilines is 4. The van der Waals surface area contributed by atoms with Crippen LogP contribution in [0.1, 0.15) is 182 Å². The summed E-state index contributed by atoms with van der Waals surface area (Å²) in [6, 6.07) is 26.7. The van der Waals surface area contributed by atoms with Gasteiger partial charge in [0.2, 0.25) is 0 Å². The lowest BCUT2D eigenvalue weighted by molar-refractivity contribution is -0.00842. The summed E-state index contributed by atoms with van der Waals surface area (Å²) >= 11 is 3.41. The Bertz CT molecular complexity index is 4180. The van der Waals surface area contributed by atoms with Gasteiger partial charge in [0.1, 0.15) is 27.9 Å². The number of nitrogens with one attached hydrogen (secondary N) is 4. The Kier molecular flexibility index (Phi) is 19.8. The van der Waals surface area contributed by atoms with Crippen molar-refractivity contribution in [2.45, 2.75) is 189 Å². The van der Waals surface area contributed by atoms with E-state index in [1.807, 2.05) is 64.1 Å². The lowest BCUT2D eigenvalue weighted by Gasteiger charge is -2.34. The maximum absolute atomic E-state index is 13.9. The molecule has 0 radical (unpaired) electrons. The fourth-order valence-electron chi connectivity index (χ4n) is 13.4. The molecule has 20 nitrogen and oxygen atoms in total. The summed E-state index contributed by atoms with van der Waals surface area (Å²) in [5.41, 5.74) is 2.53. The Balaban J connectivity index is 0.000000159. The van der Waals surface area contributed by atoms with Crippen LogP contribution in [-0.4, -0.2) is 113 Å². The molecule has 96 heavy (non-hydrogen) atoms. The van der Waals surface area contributed by atoms with Crippen molar-refractivity contribution in [2.75, 3.05) is 33.5 Å². The van der Waals surface area contributed by atoms with Crippen LogP contribution in [0.5, 0.6) is 0 Å². The average Bonchev–Trinajstić information content (AvgIpc) is 1.27. The number of hydrogen-bond donors (Lipinski definition) is 4. The third kappa shape index (κ3) is 15.9. The molecule has 7 aliphatic rings. The van der Waals surface area contributed by atoms with E-state index in [0.29, 0.717) is 71.0 Å². The highest BCUT2D eigenvalue weighted by atomic mass is 79.9. The molecule has 4 atom stereocenters. The minimum absolute atomic E-state index is 0.0957. The Morgan fingerprint density at radius 1 is 0.552 bits per heavy atom. The van der Waals surface area contributed by atoms with Gasteiger partial charge in [0.15, 0.2) is 10.1 Å². The molecule has 8 bridgehead atoms. The normalized spacial score (nSPS) is 24.9. The lowest BCUT2D eigenvalue weighted by atomic mass is 9.72. The van der Waals surface area contributed by atoms with E-state index in [0.717, 1.165) is 49.0 Å². The summed E-state index contributed by atoms with van der Waals surface area (Å²) in [5.74, 6) is -4.75. The van der Waals surface area contributed by atoms with E-state index in [2.05, 4.69) is 98.4 Å². The summed E-state index contributed by atoms with van der Waals surface area (Å²) in [5, 5.41) is 6.19. The van der Waals surface area contributed by atoms with E-state index in [4.69, 9.17) is 14.3 Å². The molecule has 3 fully saturated rings. The van der Waals surface area contributed by atoms with Gasteiger partial charge < -0.3 is 29.7 Å². The number of allylic oxidation sites excluding steroid dienone is 4. The van der Waals surface area contributed by atoms with Crippen LogP contribution in [0.2, 0.25) is 0 Å². The zero-order valence-electron chi connectivity index (χ0n) is 54.9. The molecule has 13 rings (SSSR count). The van der Waals surface area contributed by atoms with Gasteiger partial charge in [-0.3, -0.25) is 19.6 Å². The van der Waals surface area contributed by atoms with Crippen LogP contribution in [-0.2, 0) is 29.4 Å². The number of fused-ring (bicyclic) bond motifs is 12. The first kappa shape index (κ1) is 69.9. The molecular weight excluding hydrogens is 1340 g/mol. The molecule has 510 valence electrons. The molecule has 11 heterocycles. The van der Waals surface area contributed by atoms with Gasteiger partial charge in [0.05, 0.1) is 51.5 Å². The van der Waals surface area contributed by atoms with Crippen LogP contribution in [0.4, 0.5) is 40.8 Å². The van der Waals surface area contributed by atoms with Crippen LogP contribution in [0.25, 0.3) is 5.57 Å². The number of carbonyl (C=O) groups excluding carboxylic acids is 2. The second kappa shape index (κ2) is 27.1. The van der Waals surface area contributed by atoms with Gasteiger partial charge in [-0.1, -0.05) is 36.4 Å². The van der Waals surface area contributed by atoms with Crippen LogP contribution >= 0.6 is 15.9 Å². The van der Waals surface area contributed by atoms with Gasteiger partial charge in [-0.25, -0.2) is 46.9 Å². The minimum atomic E-state index is -4.35. The summed E-state index contributed by atoms with van der Waals surface area (Å²) < 4.78 is 124. The molecule has 0 aromatic carbocycles. The third-order valence-corrected chi connectivity index (χ3v) is 22.2. The van der Waals surface area contributed by atoms with E-state index >= 15 is 0 Å². The summed E-state index contributed by atoms with van der Waals surface area (Å²) in [4.78, 5) is 58.2. The van der Waals surface area contributed by atoms with E-state index in [-0.39, 0.29) is 76.8 Å². The Morgan fingerprint density at radius 3 is 1.47 bits per heavy atom. The summed E-state index contributed by atoms with van der Waals surface area (Å²) in [6.07, 6.45) is 11.1. The monoisotopic (exact) mass is 1420 g/mol. The number of pyridine rings is 6. The number of nitrogens with zero attached hydrogens (tertiary/aromatic N) is 8. The molecule has 0 saturated carbocycles. The van der Waals surface area contributed by atoms with Gasteiger partial charge in [0, 0.05) is 62.2 Å². The molecule has 5 aliphatic heterocycles. The molecule has 6 aromatic heterocycles. The quantitative estimate of drug-likeness (QED) is 0.0727. The van der Waals surface area contributed by atoms with Gasteiger partial charge in [-0.2, -0.15) is 16.8 Å². The first-order valence-corrected chi connectivity index (χ1v) is 36.1. The standard InChI is InChI=1S/C31H34F2N6O3S.C25H27BrN6O3S.C12H19BF2O2/c1-30(2)18-20-9-11-25(24-6-3-4-17-34-24)35-26-7-5-8-27(37-26)43(41,42)38-29(40)22-10-12-23(36-28(22)39(30)19-20)21-13-15-31(32,33)16-14-21;1-25(2)14-16-9-11-19(18-6-3-4-13-27-18)28-21-7-5-8-22(30-21)36(34,35)31-24(33)17-10-12-20(26)29-23(17)32(25)15-16;1-10(2)11(3,4)17-13(16-10)9-5-7-12(14,15)8-6-9/h3-8,10,12-13,17,20,25H,9,11,14-16,18-19H2,1-2H3,(H,35,37)(H,38,40);3-8,10,12-13,16,19H,9,11,14-15H2,1-2H3,(H,28,30)(H,31,33);5H,6-8H2,1-4H3/t20-,25+;16-,19+;/m00./s1. The molecule has 2 amide bonds. The van der Waals surface area contributed by atoms with Crippen molar-refractivity contribution in [3.8, 4) is 0 Å². The number of carbonyl (C=O) groups is 2. The fraction of sp³-hybridized carbons (Fsp3) is 0.471. The molecule has 2 aliphatic carbocycles. The van der Waals surface area contributed by atoms with Gasteiger partial charge in [-0.15, -0.1) is 0 Å². The van der Waals surface area contributed by atoms with E-state index < -0.39 is 67.6 Å². The molecule has 28 heteroatoms. The minimum Gasteiger partial charge on any atom is -0.400 e. The van der Waals surface area contributed by atoms with Crippen molar-refractivity contribution in [3.05, 3.63) is 160 Å². The predicted molar refractivity (Wildman–Crippen MR) is 362 cm³/mol. The number of alkyl halides is 4. The third-order valence-electron chi connectivity index (χ3n) is 19.3. The molecule has 3 saturated heterocycles. The smallest absolute Gasteiger partial charge is 0.400 e. The van der Waals surface area contributed by atoms with Crippen molar-refractivity contribution < 1.29 is 53.3 Å². The van der Waals surface area contributed by atoms with E-state index in [1.165, 1.54) is 18.2 Å². The highest BCUT2D eigenvalue weighted by molar-refractivity contribution is 9.10. The van der Waals surface area contributed by atoms with Crippen LogP contribution in [0.3, 0.4) is 0 Å². The number of hydrogen-bond acceptors (Lipinski definition) is 18. The van der Waals surface area contributed by atoms with Crippen molar-refractivity contribution in [3.63, 3.8) is 0 Å².